The van der Waals surface area contributed by atoms with Crippen molar-refractivity contribution in [2.45, 2.75) is 0 Å². The van der Waals surface area contributed by atoms with Crippen LogP contribution in [0.2, 0.25) is 10.3 Å². The molecule has 1 aromatic carbocycles. The number of rotatable bonds is 2. The van der Waals surface area contributed by atoms with Gasteiger partial charge in [-0.05, 0) is 52.4 Å². The van der Waals surface area contributed by atoms with Crippen molar-refractivity contribution in [3.05, 3.63) is 38.3 Å². The van der Waals surface area contributed by atoms with Crippen LogP contribution in [0.5, 0.6) is 0 Å². The standard InChI is InChI=1S/C10H7Cl2IN4/c11-6-3-5(13)1-2-8(6)16-9-7(14)4-15-10(12)17-9/h1-4H,14H2,(H,15,16,17). The van der Waals surface area contributed by atoms with Crippen molar-refractivity contribution < 1.29 is 0 Å². The Morgan fingerprint density at radius 1 is 1.29 bits per heavy atom. The van der Waals surface area contributed by atoms with E-state index in [-0.39, 0.29) is 5.28 Å². The monoisotopic (exact) mass is 380 g/mol. The van der Waals surface area contributed by atoms with E-state index in [1.807, 2.05) is 18.2 Å². The van der Waals surface area contributed by atoms with Gasteiger partial charge in [-0.1, -0.05) is 11.6 Å². The van der Waals surface area contributed by atoms with Crippen LogP contribution in [0.1, 0.15) is 0 Å². The molecule has 3 N–H and O–H groups in total. The highest BCUT2D eigenvalue weighted by molar-refractivity contribution is 14.1. The number of nitrogens with two attached hydrogens (primary N) is 1. The summed E-state index contributed by atoms with van der Waals surface area (Å²) in [6.07, 6.45) is 1.44. The van der Waals surface area contributed by atoms with E-state index < -0.39 is 0 Å². The molecule has 0 saturated carbocycles. The smallest absolute Gasteiger partial charge is 0.224 e. The quantitative estimate of drug-likeness (QED) is 0.615. The van der Waals surface area contributed by atoms with Gasteiger partial charge in [0.25, 0.3) is 0 Å². The molecule has 2 aromatic rings. The van der Waals surface area contributed by atoms with Gasteiger partial charge in [-0.15, -0.1) is 0 Å². The van der Waals surface area contributed by atoms with Crippen LogP contribution in [0.25, 0.3) is 0 Å². The van der Waals surface area contributed by atoms with Crippen molar-refractivity contribution in [2.75, 3.05) is 11.1 Å². The molecule has 0 bridgehead atoms. The molecule has 0 saturated heterocycles. The van der Waals surface area contributed by atoms with Crippen LogP contribution >= 0.6 is 45.8 Å². The molecule has 17 heavy (non-hydrogen) atoms. The molecular formula is C10H7Cl2IN4. The maximum atomic E-state index is 6.09. The van der Waals surface area contributed by atoms with Crippen LogP contribution in [-0.4, -0.2) is 9.97 Å². The van der Waals surface area contributed by atoms with E-state index in [2.05, 4.69) is 37.9 Å². The third-order valence-corrected chi connectivity index (χ3v) is 3.14. The molecular weight excluding hydrogens is 374 g/mol. The minimum absolute atomic E-state index is 0.128. The zero-order valence-electron chi connectivity index (χ0n) is 8.42. The Kier molecular flexibility index (Phi) is 3.90. The number of benzene rings is 1. The Hall–Kier alpha value is -0.790. The Labute approximate surface area is 122 Å². The summed E-state index contributed by atoms with van der Waals surface area (Å²) in [4.78, 5) is 7.76. The fourth-order valence-electron chi connectivity index (χ4n) is 1.19. The maximum absolute atomic E-state index is 6.09. The minimum atomic E-state index is 0.128. The number of anilines is 3. The van der Waals surface area contributed by atoms with E-state index in [9.17, 15) is 0 Å². The lowest BCUT2D eigenvalue weighted by molar-refractivity contribution is 1.17. The molecule has 0 aliphatic carbocycles. The molecule has 2 rings (SSSR count). The lowest BCUT2D eigenvalue weighted by Gasteiger charge is -2.09. The number of nitrogens with zero attached hydrogens (tertiary/aromatic N) is 2. The number of halogens is 3. The van der Waals surface area contributed by atoms with Crippen LogP contribution < -0.4 is 11.1 Å². The van der Waals surface area contributed by atoms with Gasteiger partial charge in [0.05, 0.1) is 22.6 Å². The Bertz CT molecular complexity index is 562. The van der Waals surface area contributed by atoms with Crippen molar-refractivity contribution in [3.8, 4) is 0 Å². The molecule has 1 heterocycles. The van der Waals surface area contributed by atoms with E-state index in [0.29, 0.717) is 22.2 Å². The average Bonchev–Trinajstić information content (AvgIpc) is 2.27. The molecule has 0 aliphatic rings. The Balaban J connectivity index is 2.34. The van der Waals surface area contributed by atoms with Gasteiger partial charge in [-0.2, -0.15) is 4.98 Å². The van der Waals surface area contributed by atoms with Gasteiger partial charge in [0.15, 0.2) is 5.82 Å². The number of nitrogens with one attached hydrogen (secondary N) is 1. The molecule has 0 fully saturated rings. The van der Waals surface area contributed by atoms with Gasteiger partial charge >= 0.3 is 0 Å². The molecule has 0 atom stereocenters. The highest BCUT2D eigenvalue weighted by Crippen LogP contribution is 2.28. The second-order valence-corrected chi connectivity index (χ2v) is 5.18. The number of nitrogen functional groups attached to an aromatic ring is 1. The predicted octanol–water partition coefficient (Wildman–Crippen LogP) is 3.71. The lowest BCUT2D eigenvalue weighted by atomic mass is 10.3. The van der Waals surface area contributed by atoms with E-state index in [0.717, 1.165) is 3.57 Å². The van der Waals surface area contributed by atoms with Crippen LogP contribution in [0, 0.1) is 3.57 Å². The van der Waals surface area contributed by atoms with Crippen molar-refractivity contribution in [1.82, 2.24) is 9.97 Å². The summed E-state index contributed by atoms with van der Waals surface area (Å²) in [5.41, 5.74) is 6.85. The van der Waals surface area contributed by atoms with E-state index in [1.54, 1.807) is 0 Å². The fourth-order valence-corrected chi connectivity index (χ4v) is 2.22. The lowest BCUT2D eigenvalue weighted by Crippen LogP contribution is -2.01. The van der Waals surface area contributed by atoms with E-state index >= 15 is 0 Å². The third kappa shape index (κ3) is 3.11. The van der Waals surface area contributed by atoms with Gasteiger partial charge < -0.3 is 11.1 Å². The van der Waals surface area contributed by atoms with Gasteiger partial charge in [-0.25, -0.2) is 4.98 Å². The Morgan fingerprint density at radius 2 is 2.06 bits per heavy atom. The summed E-state index contributed by atoms with van der Waals surface area (Å²) in [6, 6.07) is 5.61. The fraction of sp³-hybridized carbons (Fsp3) is 0. The van der Waals surface area contributed by atoms with Gasteiger partial charge in [0.2, 0.25) is 5.28 Å². The van der Waals surface area contributed by atoms with Crippen LogP contribution in [-0.2, 0) is 0 Å². The van der Waals surface area contributed by atoms with Crippen molar-refractivity contribution in [1.29, 1.82) is 0 Å². The molecule has 88 valence electrons. The first-order chi connectivity index (χ1) is 8.06. The SMILES string of the molecule is Nc1cnc(Cl)nc1Nc1ccc(I)cc1Cl. The van der Waals surface area contributed by atoms with Crippen LogP contribution in [0.15, 0.2) is 24.4 Å². The normalized spacial score (nSPS) is 10.3. The zero-order chi connectivity index (χ0) is 12.4. The second kappa shape index (κ2) is 5.24. The van der Waals surface area contributed by atoms with Gasteiger partial charge in [0, 0.05) is 3.57 Å². The molecule has 0 aliphatic heterocycles. The number of hydrogen-bond acceptors (Lipinski definition) is 4. The second-order valence-electron chi connectivity index (χ2n) is 3.19. The highest BCUT2D eigenvalue weighted by atomic mass is 127. The van der Waals surface area contributed by atoms with Gasteiger partial charge in [-0.3, -0.25) is 0 Å². The first kappa shape index (κ1) is 12.7. The maximum Gasteiger partial charge on any atom is 0.224 e. The summed E-state index contributed by atoms with van der Waals surface area (Å²) < 4.78 is 1.05. The minimum Gasteiger partial charge on any atom is -0.394 e. The average molecular weight is 381 g/mol. The molecule has 7 heteroatoms. The topological polar surface area (TPSA) is 63.8 Å². The van der Waals surface area contributed by atoms with Crippen LogP contribution in [0.3, 0.4) is 0 Å². The van der Waals surface area contributed by atoms with Crippen molar-refractivity contribution in [2.24, 2.45) is 0 Å². The summed E-state index contributed by atoms with van der Waals surface area (Å²) in [5, 5.41) is 3.73. The summed E-state index contributed by atoms with van der Waals surface area (Å²) in [5.74, 6) is 0.438. The van der Waals surface area contributed by atoms with Crippen molar-refractivity contribution >= 4 is 63.0 Å². The molecule has 0 spiro atoms. The van der Waals surface area contributed by atoms with Gasteiger partial charge in [0.1, 0.15) is 0 Å². The predicted molar refractivity (Wildman–Crippen MR) is 78.9 cm³/mol. The van der Waals surface area contributed by atoms with E-state index in [4.69, 9.17) is 28.9 Å². The summed E-state index contributed by atoms with van der Waals surface area (Å²) >= 11 is 14.0. The number of aromatic nitrogens is 2. The Morgan fingerprint density at radius 3 is 2.76 bits per heavy atom. The summed E-state index contributed by atoms with van der Waals surface area (Å²) in [7, 11) is 0. The summed E-state index contributed by atoms with van der Waals surface area (Å²) in [6.45, 7) is 0. The first-order valence-corrected chi connectivity index (χ1v) is 6.40. The largest absolute Gasteiger partial charge is 0.394 e. The third-order valence-electron chi connectivity index (χ3n) is 1.97. The molecule has 0 radical (unpaired) electrons. The number of hydrogen-bond donors (Lipinski definition) is 2. The van der Waals surface area contributed by atoms with E-state index in [1.165, 1.54) is 6.20 Å². The first-order valence-electron chi connectivity index (χ1n) is 4.56. The molecule has 1 aromatic heterocycles. The highest BCUT2D eigenvalue weighted by Gasteiger charge is 2.06. The zero-order valence-corrected chi connectivity index (χ0v) is 12.1. The molecule has 0 unspecified atom stereocenters. The molecule has 0 amide bonds. The molecule has 4 nitrogen and oxygen atoms in total. The van der Waals surface area contributed by atoms with Crippen molar-refractivity contribution in [3.63, 3.8) is 0 Å². The van der Waals surface area contributed by atoms with Crippen LogP contribution in [0.4, 0.5) is 17.2 Å².